The molecule has 1 aromatic heterocycles. The fourth-order valence-corrected chi connectivity index (χ4v) is 4.86. The van der Waals surface area contributed by atoms with Crippen LogP contribution in [0, 0.1) is 0 Å². The number of halogens is 1. The molecule has 0 radical (unpaired) electrons. The van der Waals surface area contributed by atoms with Gasteiger partial charge in [-0.2, -0.15) is 0 Å². The van der Waals surface area contributed by atoms with Gasteiger partial charge in [-0.1, -0.05) is 24.9 Å². The number of aromatic nitrogens is 2. The van der Waals surface area contributed by atoms with Crippen LogP contribution in [0.1, 0.15) is 32.4 Å². The van der Waals surface area contributed by atoms with Crippen molar-refractivity contribution >= 4 is 38.8 Å². The number of anilines is 2. The van der Waals surface area contributed by atoms with Gasteiger partial charge < -0.3 is 16.0 Å². The molecule has 10 heteroatoms. The number of fused-ring (bicyclic) bond motifs is 1. The number of sulfonamides is 1. The Kier molecular flexibility index (Phi) is 5.50. The lowest BCUT2D eigenvalue weighted by Crippen LogP contribution is -2.48. The van der Waals surface area contributed by atoms with Crippen molar-refractivity contribution in [1.29, 1.82) is 0 Å². The zero-order chi connectivity index (χ0) is 22.2. The van der Waals surface area contributed by atoms with E-state index in [9.17, 15) is 8.42 Å². The second-order valence-corrected chi connectivity index (χ2v) is 9.46. The zero-order valence-electron chi connectivity index (χ0n) is 17.1. The quantitative estimate of drug-likeness (QED) is 0.490. The summed E-state index contributed by atoms with van der Waals surface area (Å²) in [5.41, 5.74) is 4.04. The number of allylic oxidation sites excluding steroid dienone is 2. The summed E-state index contributed by atoms with van der Waals surface area (Å²) in [6, 6.07) is 7.94. The number of hydrogen-bond acceptors (Lipinski definition) is 7. The summed E-state index contributed by atoms with van der Waals surface area (Å²) in [5.74, 6) is 0.389. The molecule has 2 aliphatic rings. The Bertz CT molecular complexity index is 1220. The van der Waals surface area contributed by atoms with Crippen molar-refractivity contribution in [3.63, 3.8) is 0 Å². The number of hydrogen-bond donors (Lipinski definition) is 4. The SMILES string of the molecule is CCCC12NC(Cl)=CC(C)=C1NC=C2c1ccnc(Nc2ccc(S(N)(=O)=O)cc2)n1. The van der Waals surface area contributed by atoms with Crippen molar-refractivity contribution in [2.75, 3.05) is 5.32 Å². The molecule has 2 aromatic rings. The summed E-state index contributed by atoms with van der Waals surface area (Å²) < 4.78 is 22.9. The Balaban J connectivity index is 1.65. The number of primary sulfonamides is 1. The number of dihydropyridines is 1. The van der Waals surface area contributed by atoms with Crippen molar-refractivity contribution < 1.29 is 8.42 Å². The van der Waals surface area contributed by atoms with E-state index in [4.69, 9.17) is 21.7 Å². The summed E-state index contributed by atoms with van der Waals surface area (Å²) >= 11 is 6.40. The van der Waals surface area contributed by atoms with Crippen molar-refractivity contribution in [2.45, 2.75) is 37.1 Å². The molecular formula is C21H23ClN6O2S. The Morgan fingerprint density at radius 2 is 1.97 bits per heavy atom. The predicted molar refractivity (Wildman–Crippen MR) is 122 cm³/mol. The molecule has 1 aromatic carbocycles. The van der Waals surface area contributed by atoms with Gasteiger partial charge in [-0.25, -0.2) is 23.5 Å². The minimum atomic E-state index is -3.74. The molecule has 0 saturated carbocycles. The topological polar surface area (TPSA) is 122 Å². The maximum Gasteiger partial charge on any atom is 0.238 e. The summed E-state index contributed by atoms with van der Waals surface area (Å²) in [6.07, 6.45) is 7.33. The van der Waals surface area contributed by atoms with Crippen LogP contribution >= 0.6 is 11.6 Å². The molecule has 0 aliphatic carbocycles. The number of nitrogens with two attached hydrogens (primary N) is 1. The molecule has 0 amide bonds. The van der Waals surface area contributed by atoms with Crippen LogP contribution in [-0.4, -0.2) is 23.9 Å². The van der Waals surface area contributed by atoms with Gasteiger partial charge in [-0.3, -0.25) is 0 Å². The van der Waals surface area contributed by atoms with Crippen LogP contribution in [0.2, 0.25) is 0 Å². The lowest BCUT2D eigenvalue weighted by molar-refractivity contribution is 0.479. The largest absolute Gasteiger partial charge is 0.362 e. The predicted octanol–water partition coefficient (Wildman–Crippen LogP) is 3.31. The molecule has 0 bridgehead atoms. The van der Waals surface area contributed by atoms with Gasteiger partial charge in [0.1, 0.15) is 10.7 Å². The van der Waals surface area contributed by atoms with E-state index in [1.54, 1.807) is 18.3 Å². The maximum atomic E-state index is 11.4. The van der Waals surface area contributed by atoms with Gasteiger partial charge >= 0.3 is 0 Å². The Morgan fingerprint density at radius 3 is 2.65 bits per heavy atom. The van der Waals surface area contributed by atoms with Crippen LogP contribution in [0.25, 0.3) is 5.57 Å². The molecular weight excluding hydrogens is 436 g/mol. The highest BCUT2D eigenvalue weighted by atomic mass is 35.5. The van der Waals surface area contributed by atoms with E-state index in [1.165, 1.54) is 12.1 Å². The van der Waals surface area contributed by atoms with E-state index < -0.39 is 15.6 Å². The summed E-state index contributed by atoms with van der Waals surface area (Å²) in [7, 11) is -3.74. The van der Waals surface area contributed by atoms with Crippen LogP contribution in [0.5, 0.6) is 0 Å². The van der Waals surface area contributed by atoms with Gasteiger partial charge in [-0.15, -0.1) is 0 Å². The fraction of sp³-hybridized carbons (Fsp3) is 0.238. The average molecular weight is 459 g/mol. The summed E-state index contributed by atoms with van der Waals surface area (Å²) in [4.78, 5) is 9.03. The van der Waals surface area contributed by atoms with Gasteiger partial charge in [-0.05, 0) is 55.3 Å². The van der Waals surface area contributed by atoms with Crippen LogP contribution in [-0.2, 0) is 10.0 Å². The summed E-state index contributed by atoms with van der Waals surface area (Å²) in [5, 5.41) is 15.7. The number of benzene rings is 1. The minimum absolute atomic E-state index is 0.0411. The maximum absolute atomic E-state index is 11.4. The average Bonchev–Trinajstić information content (AvgIpc) is 3.07. The highest BCUT2D eigenvalue weighted by molar-refractivity contribution is 7.89. The molecule has 162 valence electrons. The van der Waals surface area contributed by atoms with Crippen molar-refractivity contribution in [3.8, 4) is 0 Å². The smallest absolute Gasteiger partial charge is 0.238 e. The molecule has 2 aliphatic heterocycles. The van der Waals surface area contributed by atoms with E-state index in [0.29, 0.717) is 16.8 Å². The highest BCUT2D eigenvalue weighted by Crippen LogP contribution is 2.44. The van der Waals surface area contributed by atoms with Crippen LogP contribution < -0.4 is 21.1 Å². The molecule has 0 saturated heterocycles. The minimum Gasteiger partial charge on any atom is -0.362 e. The van der Waals surface area contributed by atoms with Gasteiger partial charge in [0.2, 0.25) is 16.0 Å². The fourth-order valence-electron chi connectivity index (χ4n) is 4.02. The third kappa shape index (κ3) is 4.04. The highest BCUT2D eigenvalue weighted by Gasteiger charge is 2.45. The van der Waals surface area contributed by atoms with Gasteiger partial charge in [0.15, 0.2) is 0 Å². The first kappa shape index (κ1) is 21.4. The van der Waals surface area contributed by atoms with Crippen LogP contribution in [0.15, 0.2) is 70.1 Å². The number of nitrogens with zero attached hydrogens (tertiary/aromatic N) is 2. The standard InChI is InChI=1S/C21H23ClN6O2S/c1-3-9-21-16(12-25-19(21)13(2)11-18(22)28-21)17-8-10-24-20(27-17)26-14-4-6-15(7-5-14)31(23,29)30/h4-8,10-12,25,28H,3,9H2,1-2H3,(H2,23,29,30)(H,24,26,27). The third-order valence-electron chi connectivity index (χ3n) is 5.31. The number of rotatable bonds is 6. The third-order valence-corrected chi connectivity index (χ3v) is 6.45. The molecule has 0 fully saturated rings. The van der Waals surface area contributed by atoms with Gasteiger partial charge in [0, 0.05) is 29.4 Å². The molecule has 0 spiro atoms. The van der Waals surface area contributed by atoms with Crippen molar-refractivity contribution in [2.24, 2.45) is 5.14 Å². The Labute approximate surface area is 186 Å². The van der Waals surface area contributed by atoms with E-state index in [-0.39, 0.29) is 4.90 Å². The van der Waals surface area contributed by atoms with Crippen molar-refractivity contribution in [1.82, 2.24) is 20.6 Å². The van der Waals surface area contributed by atoms with Crippen molar-refractivity contribution in [3.05, 3.63) is 70.9 Å². The second kappa shape index (κ2) is 7.99. The zero-order valence-corrected chi connectivity index (χ0v) is 18.7. The van der Waals surface area contributed by atoms with E-state index in [0.717, 1.165) is 35.4 Å². The Morgan fingerprint density at radius 1 is 1.23 bits per heavy atom. The lowest BCUT2D eigenvalue weighted by atomic mass is 9.80. The normalized spacial score (nSPS) is 20.4. The van der Waals surface area contributed by atoms with Gasteiger partial charge in [0.05, 0.1) is 10.6 Å². The van der Waals surface area contributed by atoms with E-state index in [1.807, 2.05) is 25.3 Å². The monoisotopic (exact) mass is 458 g/mol. The first-order chi connectivity index (χ1) is 14.7. The summed E-state index contributed by atoms with van der Waals surface area (Å²) in [6.45, 7) is 4.16. The van der Waals surface area contributed by atoms with Gasteiger partial charge in [0.25, 0.3) is 0 Å². The Hall–Kier alpha value is -2.88. The second-order valence-electron chi connectivity index (χ2n) is 7.49. The molecule has 5 N–H and O–H groups in total. The first-order valence-electron chi connectivity index (χ1n) is 9.80. The molecule has 31 heavy (non-hydrogen) atoms. The van der Waals surface area contributed by atoms with Crippen LogP contribution in [0.3, 0.4) is 0 Å². The molecule has 4 rings (SSSR count). The molecule has 1 unspecified atom stereocenters. The molecule has 1 atom stereocenters. The number of nitrogens with one attached hydrogen (secondary N) is 3. The van der Waals surface area contributed by atoms with Crippen LogP contribution in [0.4, 0.5) is 11.6 Å². The first-order valence-corrected chi connectivity index (χ1v) is 11.7. The van der Waals surface area contributed by atoms with E-state index >= 15 is 0 Å². The lowest BCUT2D eigenvalue weighted by Gasteiger charge is -2.38. The molecule has 3 heterocycles. The molecule has 8 nitrogen and oxygen atoms in total. The van der Waals surface area contributed by atoms with E-state index in [2.05, 4.69) is 27.9 Å².